The maximum Gasteiger partial charge on any atom is 0.227 e. The van der Waals surface area contributed by atoms with E-state index in [9.17, 15) is 0 Å². The molecule has 0 amide bonds. The van der Waals surface area contributed by atoms with Crippen LogP contribution in [-0.4, -0.2) is 19.9 Å². The molecule has 5 nitrogen and oxygen atoms in total. The van der Waals surface area contributed by atoms with Gasteiger partial charge in [-0.25, -0.2) is 4.98 Å². The Morgan fingerprint density at radius 2 is 0.789 bits per heavy atom. The van der Waals surface area contributed by atoms with Crippen LogP contribution in [0.25, 0.3) is 100 Å². The first kappa shape index (κ1) is 43.2. The number of para-hydroxylation sites is 1. The summed E-state index contributed by atoms with van der Waals surface area (Å²) in [6.07, 6.45) is 11.5. The first-order valence-electron chi connectivity index (χ1n) is 24.3. The molecule has 338 valence electrons. The highest BCUT2D eigenvalue weighted by molar-refractivity contribution is 6.05. The number of aromatic nitrogens is 4. The van der Waals surface area contributed by atoms with Crippen LogP contribution in [0.4, 0.5) is 0 Å². The fraction of sp³-hybridized carbons (Fsp3) is 0.0606. The van der Waals surface area contributed by atoms with Crippen LogP contribution in [0.5, 0.6) is 0 Å². The molecule has 7 aromatic carbocycles. The normalized spacial score (nSPS) is 11.3. The van der Waals surface area contributed by atoms with Crippen molar-refractivity contribution in [2.24, 2.45) is 0 Å². The third kappa shape index (κ3) is 9.29. The number of benzene rings is 7. The lowest BCUT2D eigenvalue weighted by Gasteiger charge is -2.18. The summed E-state index contributed by atoms with van der Waals surface area (Å²) in [5.74, 6) is 0. The van der Waals surface area contributed by atoms with E-state index in [0.29, 0.717) is 5.71 Å². The van der Waals surface area contributed by atoms with Crippen molar-refractivity contribution in [1.82, 2.24) is 19.9 Å². The smallest absolute Gasteiger partial charge is 0.227 e. The molecule has 0 saturated heterocycles. The summed E-state index contributed by atoms with van der Waals surface area (Å²) in [4.78, 5) is 19.7. The monoisotopic (exact) mass is 912 g/mol. The predicted octanol–water partition coefficient (Wildman–Crippen LogP) is 16.4. The van der Waals surface area contributed by atoms with Crippen LogP contribution >= 0.6 is 0 Å². The molecule has 0 aliphatic rings. The molecule has 0 atom stereocenters. The Morgan fingerprint density at radius 1 is 0.268 bits per heavy atom. The number of nitrogens with zero attached hydrogens (tertiary/aromatic N) is 4. The predicted molar refractivity (Wildman–Crippen MR) is 291 cm³/mol. The number of hydrogen-bond donors (Lipinski definition) is 0. The Bertz CT molecular complexity index is 3670. The fourth-order valence-corrected chi connectivity index (χ4v) is 9.75. The SMILES string of the molecule is c1ccc(-c2ccc(-c3cc(-c4cnc5oc6ccccc6c5c4)ncc3-c3ccccc3-c3cc(CCc4ccc(-c5ccccc5)nc4)cc(CCc4ccc(-c5ccccc5)nc4)c3)cc2)cc1. The minimum absolute atomic E-state index is 0.620. The van der Waals surface area contributed by atoms with E-state index in [1.807, 2.05) is 48.9 Å². The van der Waals surface area contributed by atoms with Gasteiger partial charge < -0.3 is 4.42 Å². The standard InChI is InChI=1S/C66H48N4O/c1-4-14-49(15-5-1)50-30-32-51(33-31-50)59-40-64(55-39-60-58-22-12-13-23-65(58)71-66(60)70-43-55)69-44-61(59)57-21-11-10-20-56(57)54-37-47(26-24-45-28-34-62(67-41-45)52-16-6-2-7-17-52)36-48(38-54)27-25-46-29-35-63(68-42-46)53-18-8-3-9-19-53/h1-23,28-44H,24-27H2. The van der Waals surface area contributed by atoms with Crippen molar-refractivity contribution in [3.05, 3.63) is 265 Å². The average Bonchev–Trinajstić information content (AvgIpc) is 3.83. The molecule has 0 unspecified atom stereocenters. The summed E-state index contributed by atoms with van der Waals surface area (Å²) in [6, 6.07) is 77.3. The Kier molecular flexibility index (Phi) is 11.9. The van der Waals surface area contributed by atoms with Gasteiger partial charge in [-0.05, 0) is 117 Å². The molecule has 5 heterocycles. The second kappa shape index (κ2) is 19.5. The highest BCUT2D eigenvalue weighted by atomic mass is 16.3. The minimum atomic E-state index is 0.620. The molecule has 0 aliphatic heterocycles. The Hall–Kier alpha value is -9.06. The van der Waals surface area contributed by atoms with Crippen molar-refractivity contribution >= 4 is 22.1 Å². The second-order valence-corrected chi connectivity index (χ2v) is 18.2. The van der Waals surface area contributed by atoms with Crippen molar-refractivity contribution in [2.75, 3.05) is 0 Å². The molecule has 0 bridgehead atoms. The third-order valence-electron chi connectivity index (χ3n) is 13.5. The van der Waals surface area contributed by atoms with Gasteiger partial charge in [0.05, 0.1) is 17.1 Å². The first-order valence-corrected chi connectivity index (χ1v) is 24.3. The summed E-state index contributed by atoms with van der Waals surface area (Å²) in [5, 5.41) is 2.01. The molecular formula is C66H48N4O. The fourth-order valence-electron chi connectivity index (χ4n) is 9.75. The topological polar surface area (TPSA) is 64.7 Å². The van der Waals surface area contributed by atoms with Gasteiger partial charge in [-0.1, -0.05) is 188 Å². The van der Waals surface area contributed by atoms with E-state index in [0.717, 1.165) is 104 Å². The Morgan fingerprint density at radius 3 is 1.41 bits per heavy atom. The number of rotatable bonds is 13. The average molecular weight is 913 g/mol. The van der Waals surface area contributed by atoms with Crippen molar-refractivity contribution in [3.63, 3.8) is 0 Å². The number of furan rings is 1. The molecule has 0 N–H and O–H groups in total. The quantitative estimate of drug-likeness (QED) is 0.115. The van der Waals surface area contributed by atoms with Crippen LogP contribution in [0.15, 0.2) is 248 Å². The zero-order valence-corrected chi connectivity index (χ0v) is 39.1. The molecule has 12 aromatic rings. The van der Waals surface area contributed by atoms with Crippen molar-refractivity contribution < 1.29 is 4.42 Å². The summed E-state index contributed by atoms with van der Waals surface area (Å²) in [6.45, 7) is 0. The van der Waals surface area contributed by atoms with E-state index in [1.54, 1.807) is 0 Å². The van der Waals surface area contributed by atoms with E-state index in [1.165, 1.54) is 38.9 Å². The Labute approximate surface area is 413 Å². The van der Waals surface area contributed by atoms with Crippen molar-refractivity contribution in [3.8, 4) is 78.3 Å². The number of fused-ring (bicyclic) bond motifs is 3. The lowest BCUT2D eigenvalue weighted by molar-refractivity contribution is 0.654. The largest absolute Gasteiger partial charge is 0.438 e. The van der Waals surface area contributed by atoms with Crippen LogP contribution < -0.4 is 0 Å². The summed E-state index contributed by atoms with van der Waals surface area (Å²) in [7, 11) is 0. The van der Waals surface area contributed by atoms with E-state index in [2.05, 4.69) is 194 Å². The van der Waals surface area contributed by atoms with Crippen LogP contribution in [0.3, 0.4) is 0 Å². The second-order valence-electron chi connectivity index (χ2n) is 18.2. The van der Waals surface area contributed by atoms with Gasteiger partial charge in [-0.3, -0.25) is 15.0 Å². The molecule has 0 radical (unpaired) electrons. The molecular weight excluding hydrogens is 865 g/mol. The number of aryl methyl sites for hydroxylation is 4. The van der Waals surface area contributed by atoms with Crippen molar-refractivity contribution in [2.45, 2.75) is 25.7 Å². The van der Waals surface area contributed by atoms with Crippen molar-refractivity contribution in [1.29, 1.82) is 0 Å². The highest BCUT2D eigenvalue weighted by Gasteiger charge is 2.18. The number of pyridine rings is 4. The molecule has 5 heteroatoms. The third-order valence-corrected chi connectivity index (χ3v) is 13.5. The molecule has 0 spiro atoms. The Balaban J connectivity index is 0.927. The molecule has 0 aliphatic carbocycles. The van der Waals surface area contributed by atoms with Gasteiger partial charge in [0, 0.05) is 57.8 Å². The zero-order chi connectivity index (χ0) is 47.3. The van der Waals surface area contributed by atoms with E-state index in [4.69, 9.17) is 24.4 Å². The molecule has 0 fully saturated rings. The zero-order valence-electron chi connectivity index (χ0n) is 39.1. The van der Waals surface area contributed by atoms with E-state index < -0.39 is 0 Å². The van der Waals surface area contributed by atoms with Crippen LogP contribution in [-0.2, 0) is 25.7 Å². The van der Waals surface area contributed by atoms with Crippen LogP contribution in [0, 0.1) is 0 Å². The molecule has 0 saturated carbocycles. The van der Waals surface area contributed by atoms with Gasteiger partial charge in [0.25, 0.3) is 0 Å². The minimum Gasteiger partial charge on any atom is -0.438 e. The summed E-state index contributed by atoms with van der Waals surface area (Å²) < 4.78 is 6.11. The lowest BCUT2D eigenvalue weighted by Crippen LogP contribution is -1.99. The highest BCUT2D eigenvalue weighted by Crippen LogP contribution is 2.41. The molecule has 12 rings (SSSR count). The van der Waals surface area contributed by atoms with E-state index >= 15 is 0 Å². The van der Waals surface area contributed by atoms with Gasteiger partial charge in [-0.2, -0.15) is 0 Å². The van der Waals surface area contributed by atoms with E-state index in [-0.39, 0.29) is 0 Å². The molecule has 5 aromatic heterocycles. The van der Waals surface area contributed by atoms with Gasteiger partial charge in [0.2, 0.25) is 5.71 Å². The van der Waals surface area contributed by atoms with Gasteiger partial charge in [0.15, 0.2) is 0 Å². The number of hydrogen-bond acceptors (Lipinski definition) is 5. The first-order chi connectivity index (χ1) is 35.1. The maximum atomic E-state index is 6.11. The molecule has 71 heavy (non-hydrogen) atoms. The van der Waals surface area contributed by atoms with Gasteiger partial charge in [-0.15, -0.1) is 0 Å². The summed E-state index contributed by atoms with van der Waals surface area (Å²) in [5.41, 5.74) is 21.5. The lowest BCUT2D eigenvalue weighted by atomic mass is 9.87. The van der Waals surface area contributed by atoms with Crippen LogP contribution in [0.2, 0.25) is 0 Å². The van der Waals surface area contributed by atoms with Gasteiger partial charge in [0.1, 0.15) is 5.58 Å². The maximum absolute atomic E-state index is 6.11. The summed E-state index contributed by atoms with van der Waals surface area (Å²) >= 11 is 0. The van der Waals surface area contributed by atoms with Crippen LogP contribution in [0.1, 0.15) is 22.3 Å². The van der Waals surface area contributed by atoms with Gasteiger partial charge >= 0.3 is 0 Å².